The molecule has 2 N–H and O–H groups in total. The van der Waals surface area contributed by atoms with E-state index in [2.05, 4.69) is 22.4 Å². The summed E-state index contributed by atoms with van der Waals surface area (Å²) < 4.78 is 7.28. The molecular formula is C23H25N3O3. The van der Waals surface area contributed by atoms with E-state index in [4.69, 9.17) is 4.74 Å². The van der Waals surface area contributed by atoms with Gasteiger partial charge in [0.1, 0.15) is 5.75 Å². The Hall–Kier alpha value is -3.12. The van der Waals surface area contributed by atoms with Crippen molar-refractivity contribution in [3.05, 3.63) is 92.8 Å². The predicted octanol–water partition coefficient (Wildman–Crippen LogP) is 2.65. The Morgan fingerprint density at radius 1 is 1.03 bits per heavy atom. The first kappa shape index (κ1) is 19.2. The fourth-order valence-corrected chi connectivity index (χ4v) is 3.19. The number of benzene rings is 2. The van der Waals surface area contributed by atoms with Crippen molar-refractivity contribution in [2.45, 2.75) is 25.8 Å². The summed E-state index contributed by atoms with van der Waals surface area (Å²) in [4.78, 5) is 25.5. The lowest BCUT2D eigenvalue weighted by atomic mass is 10.1. The molecule has 0 saturated heterocycles. The molecule has 1 aliphatic rings. The standard InChI is InChI=1S/C23H25N3O3/c27-22-10-12-26(23(28)25-22)20-5-1-4-19(13-20)15-24-11-9-17-3-2-6-21(14-17)29-16-18-7-8-18/h1-6,10,12-14,18,24H,7-9,11,15-16H2,(H,25,27,28). The van der Waals surface area contributed by atoms with Crippen LogP contribution in [0.3, 0.4) is 0 Å². The normalized spacial score (nSPS) is 13.4. The average Bonchev–Trinajstić information content (AvgIpc) is 3.55. The van der Waals surface area contributed by atoms with Gasteiger partial charge in [0.15, 0.2) is 0 Å². The van der Waals surface area contributed by atoms with Gasteiger partial charge in [0.05, 0.1) is 12.3 Å². The monoisotopic (exact) mass is 391 g/mol. The van der Waals surface area contributed by atoms with Crippen LogP contribution < -0.4 is 21.3 Å². The Morgan fingerprint density at radius 2 is 1.86 bits per heavy atom. The van der Waals surface area contributed by atoms with E-state index in [1.54, 1.807) is 0 Å². The third kappa shape index (κ3) is 5.45. The lowest BCUT2D eigenvalue weighted by molar-refractivity contribution is 0.299. The second-order valence-electron chi connectivity index (χ2n) is 7.48. The molecule has 1 aliphatic carbocycles. The first-order valence-electron chi connectivity index (χ1n) is 10.0. The Kier molecular flexibility index (Phi) is 5.91. The van der Waals surface area contributed by atoms with Crippen LogP contribution in [0, 0.1) is 5.92 Å². The zero-order valence-corrected chi connectivity index (χ0v) is 16.3. The fourth-order valence-electron chi connectivity index (χ4n) is 3.19. The minimum atomic E-state index is -0.439. The van der Waals surface area contributed by atoms with E-state index in [0.717, 1.165) is 42.5 Å². The largest absolute Gasteiger partial charge is 0.493 e. The molecule has 0 spiro atoms. The van der Waals surface area contributed by atoms with E-state index in [-0.39, 0.29) is 0 Å². The van der Waals surface area contributed by atoms with Gasteiger partial charge < -0.3 is 10.1 Å². The molecule has 1 fully saturated rings. The Balaban J connectivity index is 1.30. The van der Waals surface area contributed by atoms with E-state index < -0.39 is 11.2 Å². The number of ether oxygens (including phenoxy) is 1. The van der Waals surface area contributed by atoms with E-state index in [1.807, 2.05) is 36.4 Å². The van der Waals surface area contributed by atoms with Gasteiger partial charge in [-0.1, -0.05) is 24.3 Å². The number of hydrogen-bond donors (Lipinski definition) is 2. The summed E-state index contributed by atoms with van der Waals surface area (Å²) in [6, 6.07) is 17.4. The summed E-state index contributed by atoms with van der Waals surface area (Å²) in [5.74, 6) is 1.71. The van der Waals surface area contributed by atoms with Crippen LogP contribution in [-0.4, -0.2) is 22.7 Å². The second kappa shape index (κ2) is 8.92. The van der Waals surface area contributed by atoms with Crippen LogP contribution >= 0.6 is 0 Å². The zero-order valence-electron chi connectivity index (χ0n) is 16.3. The van der Waals surface area contributed by atoms with Crippen molar-refractivity contribution in [2.75, 3.05) is 13.2 Å². The molecule has 0 atom stereocenters. The smallest absolute Gasteiger partial charge is 0.332 e. The summed E-state index contributed by atoms with van der Waals surface area (Å²) in [6.45, 7) is 2.37. The molecule has 1 heterocycles. The highest BCUT2D eigenvalue weighted by Gasteiger charge is 2.21. The maximum absolute atomic E-state index is 12.0. The molecule has 0 aliphatic heterocycles. The third-order valence-corrected chi connectivity index (χ3v) is 5.01. The maximum Gasteiger partial charge on any atom is 0.332 e. The van der Waals surface area contributed by atoms with Gasteiger partial charge in [-0.2, -0.15) is 0 Å². The number of nitrogens with zero attached hydrogens (tertiary/aromatic N) is 1. The van der Waals surface area contributed by atoms with E-state index in [9.17, 15) is 9.59 Å². The van der Waals surface area contributed by atoms with Crippen LogP contribution in [0.15, 0.2) is 70.4 Å². The number of rotatable bonds is 9. The van der Waals surface area contributed by atoms with E-state index >= 15 is 0 Å². The first-order valence-corrected chi connectivity index (χ1v) is 10.0. The minimum absolute atomic E-state index is 0.397. The van der Waals surface area contributed by atoms with Crippen LogP contribution in [0.1, 0.15) is 24.0 Å². The van der Waals surface area contributed by atoms with Gasteiger partial charge in [-0.3, -0.25) is 14.3 Å². The molecule has 3 aromatic rings. The molecule has 2 aromatic carbocycles. The van der Waals surface area contributed by atoms with Gasteiger partial charge in [-0.15, -0.1) is 0 Å². The van der Waals surface area contributed by atoms with Crippen LogP contribution in [0.25, 0.3) is 5.69 Å². The molecule has 1 aromatic heterocycles. The van der Waals surface area contributed by atoms with Crippen molar-refractivity contribution in [3.8, 4) is 11.4 Å². The van der Waals surface area contributed by atoms with Gasteiger partial charge in [0.25, 0.3) is 5.56 Å². The number of aromatic amines is 1. The summed E-state index contributed by atoms with van der Waals surface area (Å²) in [6.07, 6.45) is 5.00. The minimum Gasteiger partial charge on any atom is -0.493 e. The van der Waals surface area contributed by atoms with Gasteiger partial charge in [0.2, 0.25) is 0 Å². The van der Waals surface area contributed by atoms with Crippen molar-refractivity contribution in [1.82, 2.24) is 14.9 Å². The molecule has 1 saturated carbocycles. The molecule has 4 rings (SSSR count). The first-order chi connectivity index (χ1) is 14.2. The molecule has 6 heteroatoms. The molecule has 150 valence electrons. The average molecular weight is 391 g/mol. The highest BCUT2D eigenvalue weighted by molar-refractivity contribution is 5.35. The van der Waals surface area contributed by atoms with Crippen molar-refractivity contribution in [1.29, 1.82) is 0 Å². The number of aromatic nitrogens is 2. The molecule has 0 bridgehead atoms. The van der Waals surface area contributed by atoms with Gasteiger partial charge in [-0.25, -0.2) is 4.79 Å². The van der Waals surface area contributed by atoms with Crippen molar-refractivity contribution < 1.29 is 4.74 Å². The third-order valence-electron chi connectivity index (χ3n) is 5.01. The highest BCUT2D eigenvalue weighted by Crippen LogP contribution is 2.29. The summed E-state index contributed by atoms with van der Waals surface area (Å²) in [5, 5.41) is 3.45. The van der Waals surface area contributed by atoms with Crippen LogP contribution in [0.5, 0.6) is 5.75 Å². The summed E-state index contributed by atoms with van der Waals surface area (Å²) in [7, 11) is 0. The van der Waals surface area contributed by atoms with Crippen molar-refractivity contribution >= 4 is 0 Å². The van der Waals surface area contributed by atoms with Gasteiger partial charge >= 0.3 is 5.69 Å². The number of H-pyrrole nitrogens is 1. The lowest BCUT2D eigenvalue weighted by Crippen LogP contribution is -2.27. The SMILES string of the molecule is O=c1ccn(-c2cccc(CNCCc3cccc(OCC4CC4)c3)c2)c(=O)[nH]1. The Bertz CT molecular complexity index is 1080. The number of nitrogens with one attached hydrogen (secondary N) is 2. The second-order valence-corrected chi connectivity index (χ2v) is 7.48. The Labute approximate surface area is 169 Å². The molecule has 0 radical (unpaired) electrons. The summed E-state index contributed by atoms with van der Waals surface area (Å²) in [5.41, 5.74) is 2.21. The highest BCUT2D eigenvalue weighted by atomic mass is 16.5. The zero-order chi connectivity index (χ0) is 20.1. The Morgan fingerprint density at radius 3 is 2.69 bits per heavy atom. The molecule has 29 heavy (non-hydrogen) atoms. The molecule has 0 unspecified atom stereocenters. The maximum atomic E-state index is 12.0. The van der Waals surface area contributed by atoms with Gasteiger partial charge in [0, 0.05) is 18.8 Å². The molecule has 0 amide bonds. The van der Waals surface area contributed by atoms with E-state index in [1.165, 1.54) is 35.2 Å². The van der Waals surface area contributed by atoms with Crippen molar-refractivity contribution in [3.63, 3.8) is 0 Å². The molecular weight excluding hydrogens is 366 g/mol. The quantitative estimate of drug-likeness (QED) is 0.550. The van der Waals surface area contributed by atoms with Crippen LogP contribution in [-0.2, 0) is 13.0 Å². The fraction of sp³-hybridized carbons (Fsp3) is 0.304. The lowest BCUT2D eigenvalue weighted by Gasteiger charge is -2.10. The topological polar surface area (TPSA) is 76.1 Å². The number of hydrogen-bond acceptors (Lipinski definition) is 4. The van der Waals surface area contributed by atoms with Crippen LogP contribution in [0.2, 0.25) is 0 Å². The predicted molar refractivity (Wildman–Crippen MR) is 113 cm³/mol. The van der Waals surface area contributed by atoms with Gasteiger partial charge in [-0.05, 0) is 67.1 Å². The molecule has 6 nitrogen and oxygen atoms in total. The van der Waals surface area contributed by atoms with Crippen molar-refractivity contribution in [2.24, 2.45) is 5.92 Å². The summed E-state index contributed by atoms with van der Waals surface area (Å²) >= 11 is 0. The van der Waals surface area contributed by atoms with E-state index in [0.29, 0.717) is 6.54 Å². The van der Waals surface area contributed by atoms with Crippen LogP contribution in [0.4, 0.5) is 0 Å².